The van der Waals surface area contributed by atoms with Gasteiger partial charge >= 0.3 is 11.7 Å². The van der Waals surface area contributed by atoms with Gasteiger partial charge in [0, 0.05) is 12.1 Å². The molecule has 0 spiro atoms. The predicted octanol–water partition coefficient (Wildman–Crippen LogP) is 1.18. The molecule has 0 bridgehead atoms. The molecular weight excluding hydrogens is 250 g/mol. The van der Waals surface area contributed by atoms with Crippen molar-refractivity contribution in [2.45, 2.75) is 0 Å². The van der Waals surface area contributed by atoms with Crippen molar-refractivity contribution in [1.82, 2.24) is 4.98 Å². The number of nitro groups is 1. The van der Waals surface area contributed by atoms with Crippen LogP contribution >= 0.6 is 12.4 Å². The van der Waals surface area contributed by atoms with Crippen LogP contribution in [0.25, 0.3) is 6.08 Å². The molecule has 1 rings (SSSR count). The van der Waals surface area contributed by atoms with Gasteiger partial charge in [-0.05, 0) is 12.1 Å². The fourth-order valence-electron chi connectivity index (χ4n) is 0.952. The number of pyridine rings is 1. The number of carbonyl (C=O) groups is 1. The molecule has 0 aliphatic heterocycles. The predicted molar refractivity (Wildman–Crippen MR) is 63.6 cm³/mol. The first-order valence-electron chi connectivity index (χ1n) is 4.21. The lowest BCUT2D eigenvalue weighted by Gasteiger charge is -1.97. The standard InChI is InChI=1S/C9H9N3O4.ClH/c1-16-8(13)5-3-6-2-4-7(12(14)15)9(10)11-6;/h2-5H,1H3,(H2,10,11);1H/b5-3+;. The topological polar surface area (TPSA) is 108 Å². The van der Waals surface area contributed by atoms with Crippen LogP contribution in [0.4, 0.5) is 11.5 Å². The number of nitrogen functional groups attached to an aromatic ring is 1. The van der Waals surface area contributed by atoms with E-state index in [9.17, 15) is 14.9 Å². The van der Waals surface area contributed by atoms with Gasteiger partial charge in [-0.3, -0.25) is 10.1 Å². The molecule has 0 radical (unpaired) electrons. The molecule has 0 aromatic carbocycles. The maximum atomic E-state index is 10.8. The maximum Gasteiger partial charge on any atom is 0.330 e. The van der Waals surface area contributed by atoms with Crippen molar-refractivity contribution in [2.75, 3.05) is 12.8 Å². The summed E-state index contributed by atoms with van der Waals surface area (Å²) in [6.45, 7) is 0. The lowest BCUT2D eigenvalue weighted by Crippen LogP contribution is -1.99. The summed E-state index contributed by atoms with van der Waals surface area (Å²) in [5, 5.41) is 10.4. The van der Waals surface area contributed by atoms with E-state index in [1.54, 1.807) is 0 Å². The minimum atomic E-state index is -0.629. The molecule has 0 saturated heterocycles. The molecule has 7 nitrogen and oxygen atoms in total. The van der Waals surface area contributed by atoms with E-state index in [1.165, 1.54) is 25.3 Å². The summed E-state index contributed by atoms with van der Waals surface area (Å²) in [5.41, 5.74) is 5.43. The number of carbonyl (C=O) groups excluding carboxylic acids is 1. The van der Waals surface area contributed by atoms with E-state index >= 15 is 0 Å². The summed E-state index contributed by atoms with van der Waals surface area (Å²) in [4.78, 5) is 24.3. The molecule has 17 heavy (non-hydrogen) atoms. The van der Waals surface area contributed by atoms with Crippen LogP contribution in [0.5, 0.6) is 0 Å². The smallest absolute Gasteiger partial charge is 0.330 e. The van der Waals surface area contributed by atoms with Crippen molar-refractivity contribution >= 4 is 36.0 Å². The second-order valence-electron chi connectivity index (χ2n) is 2.75. The Morgan fingerprint density at radius 3 is 2.71 bits per heavy atom. The number of methoxy groups -OCH3 is 1. The Morgan fingerprint density at radius 1 is 1.59 bits per heavy atom. The molecule has 0 amide bonds. The van der Waals surface area contributed by atoms with E-state index in [2.05, 4.69) is 9.72 Å². The minimum Gasteiger partial charge on any atom is -0.466 e. The van der Waals surface area contributed by atoms with Crippen LogP contribution in [0, 0.1) is 10.1 Å². The zero-order valence-electron chi connectivity index (χ0n) is 8.82. The summed E-state index contributed by atoms with van der Waals surface area (Å²) in [6, 6.07) is 2.60. The molecule has 0 aliphatic rings. The molecule has 0 aliphatic carbocycles. The Kier molecular flexibility index (Phi) is 5.62. The molecule has 1 aromatic rings. The van der Waals surface area contributed by atoms with E-state index in [0.29, 0.717) is 5.69 Å². The van der Waals surface area contributed by atoms with Crippen molar-refractivity contribution in [3.8, 4) is 0 Å². The van der Waals surface area contributed by atoms with Gasteiger partial charge in [0.1, 0.15) is 0 Å². The lowest BCUT2D eigenvalue weighted by atomic mass is 10.3. The number of ether oxygens (including phenoxy) is 1. The van der Waals surface area contributed by atoms with E-state index in [1.807, 2.05) is 0 Å². The first-order chi connectivity index (χ1) is 7.54. The number of nitrogens with two attached hydrogens (primary N) is 1. The second kappa shape index (κ2) is 6.44. The fourth-order valence-corrected chi connectivity index (χ4v) is 0.952. The molecular formula is C9H10ClN3O4. The van der Waals surface area contributed by atoms with E-state index < -0.39 is 10.9 Å². The fraction of sp³-hybridized carbons (Fsp3) is 0.111. The summed E-state index contributed by atoms with van der Waals surface area (Å²) >= 11 is 0. The number of hydrogen-bond donors (Lipinski definition) is 1. The highest BCUT2D eigenvalue weighted by Gasteiger charge is 2.11. The zero-order chi connectivity index (χ0) is 12.1. The van der Waals surface area contributed by atoms with Crippen molar-refractivity contribution in [3.63, 3.8) is 0 Å². The van der Waals surface area contributed by atoms with Gasteiger partial charge < -0.3 is 10.5 Å². The average molecular weight is 260 g/mol. The first-order valence-corrected chi connectivity index (χ1v) is 4.21. The van der Waals surface area contributed by atoms with Gasteiger partial charge in [0.25, 0.3) is 0 Å². The van der Waals surface area contributed by atoms with Gasteiger partial charge in [-0.2, -0.15) is 0 Å². The van der Waals surface area contributed by atoms with Gasteiger partial charge in [0.15, 0.2) is 0 Å². The van der Waals surface area contributed by atoms with Crippen molar-refractivity contribution in [2.24, 2.45) is 0 Å². The molecule has 1 aromatic heterocycles. The lowest BCUT2D eigenvalue weighted by molar-refractivity contribution is -0.384. The molecule has 0 saturated carbocycles. The van der Waals surface area contributed by atoms with Crippen LogP contribution in [-0.2, 0) is 9.53 Å². The van der Waals surface area contributed by atoms with Gasteiger partial charge in [0.2, 0.25) is 5.82 Å². The Labute approximate surface area is 103 Å². The molecule has 0 unspecified atom stereocenters. The Balaban J connectivity index is 0.00000256. The van der Waals surface area contributed by atoms with Crippen LogP contribution in [-0.4, -0.2) is 23.0 Å². The number of nitrogens with zero attached hydrogens (tertiary/aromatic N) is 2. The minimum absolute atomic E-state index is 0. The van der Waals surface area contributed by atoms with Crippen molar-refractivity contribution in [3.05, 3.63) is 34.0 Å². The third-order valence-electron chi connectivity index (χ3n) is 1.71. The van der Waals surface area contributed by atoms with Gasteiger partial charge in [-0.25, -0.2) is 9.78 Å². The molecule has 0 atom stereocenters. The molecule has 8 heteroatoms. The molecule has 1 heterocycles. The van der Waals surface area contributed by atoms with E-state index in [-0.39, 0.29) is 23.9 Å². The van der Waals surface area contributed by atoms with E-state index in [0.717, 1.165) is 6.08 Å². The van der Waals surface area contributed by atoms with Crippen LogP contribution < -0.4 is 5.73 Å². The highest BCUT2D eigenvalue weighted by molar-refractivity contribution is 5.86. The number of aromatic nitrogens is 1. The van der Waals surface area contributed by atoms with Crippen molar-refractivity contribution < 1.29 is 14.5 Å². The maximum absolute atomic E-state index is 10.8. The summed E-state index contributed by atoms with van der Waals surface area (Å²) in [6.07, 6.45) is 2.50. The SMILES string of the molecule is COC(=O)/C=C/c1ccc([N+](=O)[O-])c(N)n1.Cl. The summed E-state index contributed by atoms with van der Waals surface area (Å²) < 4.78 is 4.37. The number of esters is 1. The number of rotatable bonds is 3. The molecule has 92 valence electrons. The van der Waals surface area contributed by atoms with Crippen molar-refractivity contribution in [1.29, 1.82) is 0 Å². The van der Waals surface area contributed by atoms with Crippen LogP contribution in [0.1, 0.15) is 5.69 Å². The van der Waals surface area contributed by atoms with Crippen LogP contribution in [0.15, 0.2) is 18.2 Å². The van der Waals surface area contributed by atoms with Crippen LogP contribution in [0.2, 0.25) is 0 Å². The van der Waals surface area contributed by atoms with Gasteiger partial charge in [-0.15, -0.1) is 12.4 Å². The monoisotopic (exact) mass is 259 g/mol. The third-order valence-corrected chi connectivity index (χ3v) is 1.71. The molecule has 2 N–H and O–H groups in total. The highest BCUT2D eigenvalue weighted by atomic mass is 35.5. The Morgan fingerprint density at radius 2 is 2.24 bits per heavy atom. The van der Waals surface area contributed by atoms with Gasteiger partial charge in [0.05, 0.1) is 17.7 Å². The summed E-state index contributed by atoms with van der Waals surface area (Å²) in [7, 11) is 1.24. The van der Waals surface area contributed by atoms with Crippen LogP contribution in [0.3, 0.4) is 0 Å². The zero-order valence-corrected chi connectivity index (χ0v) is 9.64. The van der Waals surface area contributed by atoms with E-state index in [4.69, 9.17) is 5.73 Å². The number of halogens is 1. The molecule has 0 fully saturated rings. The number of anilines is 1. The number of hydrogen-bond acceptors (Lipinski definition) is 6. The average Bonchev–Trinajstić information content (AvgIpc) is 2.25. The largest absolute Gasteiger partial charge is 0.466 e. The quantitative estimate of drug-likeness (QED) is 0.378. The normalized spacial score (nSPS) is 9.71. The first kappa shape index (κ1) is 14.8. The van der Waals surface area contributed by atoms with Gasteiger partial charge in [-0.1, -0.05) is 0 Å². The second-order valence-corrected chi connectivity index (χ2v) is 2.75. The Bertz CT molecular complexity index is 462. The summed E-state index contributed by atoms with van der Waals surface area (Å²) in [5.74, 6) is -0.740. The Hall–Kier alpha value is -2.15. The third kappa shape index (κ3) is 4.07. The highest BCUT2D eigenvalue weighted by Crippen LogP contribution is 2.18.